The Morgan fingerprint density at radius 2 is 2.14 bits per heavy atom. The summed E-state index contributed by atoms with van der Waals surface area (Å²) in [6.07, 6.45) is 4.24. The van der Waals surface area contributed by atoms with Crippen LogP contribution in [0, 0.1) is 0 Å². The second-order valence-electron chi connectivity index (χ2n) is 3.35. The van der Waals surface area contributed by atoms with Gasteiger partial charge in [-0.1, -0.05) is 11.6 Å². The first-order valence-electron chi connectivity index (χ1n) is 4.42. The number of allylic oxidation sites excluding steroid dienone is 2. The van der Waals surface area contributed by atoms with Gasteiger partial charge in [0.05, 0.1) is 0 Å². The van der Waals surface area contributed by atoms with Crippen LogP contribution < -0.4 is 5.56 Å². The van der Waals surface area contributed by atoms with Gasteiger partial charge in [0, 0.05) is 24.4 Å². The minimum Gasteiger partial charge on any atom is -0.311 e. The van der Waals surface area contributed by atoms with Gasteiger partial charge < -0.3 is 4.57 Å². The first-order valence-corrected chi connectivity index (χ1v) is 4.42. The lowest BCUT2D eigenvalue weighted by atomic mass is 10.3. The summed E-state index contributed by atoms with van der Waals surface area (Å²) in [6.45, 7) is 4.45. The highest BCUT2D eigenvalue weighted by Crippen LogP contribution is 1.94. The SMILES string of the molecule is CC(C)=CCn1cc(C=O)ccc1=O. The highest BCUT2D eigenvalue weighted by molar-refractivity contribution is 5.73. The van der Waals surface area contributed by atoms with Gasteiger partial charge in [-0.25, -0.2) is 0 Å². The molecule has 0 fully saturated rings. The third kappa shape index (κ3) is 2.69. The fourth-order valence-electron chi connectivity index (χ4n) is 1.04. The van der Waals surface area contributed by atoms with Crippen molar-refractivity contribution >= 4 is 6.29 Å². The molecule has 0 aliphatic rings. The van der Waals surface area contributed by atoms with Crippen molar-refractivity contribution in [3.05, 3.63) is 45.9 Å². The first-order chi connectivity index (χ1) is 6.63. The normalized spacial score (nSPS) is 9.57. The molecule has 1 aromatic rings. The molecule has 1 aromatic heterocycles. The van der Waals surface area contributed by atoms with Crippen molar-refractivity contribution in [2.24, 2.45) is 0 Å². The molecule has 1 heterocycles. The van der Waals surface area contributed by atoms with Gasteiger partial charge in [-0.3, -0.25) is 9.59 Å². The summed E-state index contributed by atoms with van der Waals surface area (Å²) in [5.41, 5.74) is 1.58. The van der Waals surface area contributed by atoms with E-state index < -0.39 is 0 Å². The number of aromatic nitrogens is 1. The van der Waals surface area contributed by atoms with Crippen LogP contribution in [-0.4, -0.2) is 10.9 Å². The van der Waals surface area contributed by atoms with Crippen LogP contribution in [0.2, 0.25) is 0 Å². The Labute approximate surface area is 82.7 Å². The number of aldehydes is 1. The minimum atomic E-state index is -0.0897. The molecule has 0 aromatic carbocycles. The maximum atomic E-state index is 11.3. The highest BCUT2D eigenvalue weighted by Gasteiger charge is 1.95. The molecule has 0 radical (unpaired) electrons. The fourth-order valence-corrected chi connectivity index (χ4v) is 1.04. The molecule has 14 heavy (non-hydrogen) atoms. The van der Waals surface area contributed by atoms with E-state index >= 15 is 0 Å². The number of carbonyl (C=O) groups excluding carboxylic acids is 1. The smallest absolute Gasteiger partial charge is 0.250 e. The molecular weight excluding hydrogens is 178 g/mol. The van der Waals surface area contributed by atoms with Gasteiger partial charge in [-0.15, -0.1) is 0 Å². The van der Waals surface area contributed by atoms with Crippen LogP contribution in [-0.2, 0) is 6.54 Å². The van der Waals surface area contributed by atoms with E-state index in [1.165, 1.54) is 16.7 Å². The molecule has 0 aliphatic carbocycles. The van der Waals surface area contributed by atoms with E-state index in [4.69, 9.17) is 0 Å². The summed E-state index contributed by atoms with van der Waals surface area (Å²) in [6, 6.07) is 2.93. The van der Waals surface area contributed by atoms with E-state index in [2.05, 4.69) is 0 Å². The Morgan fingerprint density at radius 1 is 1.43 bits per heavy atom. The molecular formula is C11H13NO2. The summed E-state index contributed by atoms with van der Waals surface area (Å²) < 4.78 is 1.51. The van der Waals surface area contributed by atoms with Crippen LogP contribution in [0.5, 0.6) is 0 Å². The highest BCUT2D eigenvalue weighted by atomic mass is 16.1. The molecule has 1 rings (SSSR count). The summed E-state index contributed by atoms with van der Waals surface area (Å²) >= 11 is 0. The summed E-state index contributed by atoms with van der Waals surface area (Å²) in [4.78, 5) is 21.8. The van der Waals surface area contributed by atoms with Crippen molar-refractivity contribution in [3.8, 4) is 0 Å². The second-order valence-corrected chi connectivity index (χ2v) is 3.35. The Kier molecular flexibility index (Phi) is 3.40. The minimum absolute atomic E-state index is 0.0897. The largest absolute Gasteiger partial charge is 0.311 e. The van der Waals surface area contributed by atoms with E-state index in [9.17, 15) is 9.59 Å². The zero-order valence-electron chi connectivity index (χ0n) is 8.36. The van der Waals surface area contributed by atoms with Crippen molar-refractivity contribution in [2.45, 2.75) is 20.4 Å². The number of hydrogen-bond acceptors (Lipinski definition) is 2. The number of pyridine rings is 1. The Balaban J connectivity index is 3.01. The Bertz CT molecular complexity index is 412. The van der Waals surface area contributed by atoms with Gasteiger partial charge in [0.25, 0.3) is 5.56 Å². The lowest BCUT2D eigenvalue weighted by molar-refractivity contribution is 0.112. The Hall–Kier alpha value is -1.64. The summed E-state index contributed by atoms with van der Waals surface area (Å²) in [5, 5.41) is 0. The quantitative estimate of drug-likeness (QED) is 0.538. The average Bonchev–Trinajstić information content (AvgIpc) is 2.16. The summed E-state index contributed by atoms with van der Waals surface area (Å²) in [5.74, 6) is 0. The topological polar surface area (TPSA) is 39.1 Å². The lowest BCUT2D eigenvalue weighted by Crippen LogP contribution is -2.18. The maximum Gasteiger partial charge on any atom is 0.250 e. The molecule has 0 amide bonds. The van der Waals surface area contributed by atoms with Gasteiger partial charge in [0.1, 0.15) is 0 Å². The zero-order chi connectivity index (χ0) is 10.6. The van der Waals surface area contributed by atoms with E-state index in [0.29, 0.717) is 12.1 Å². The lowest BCUT2D eigenvalue weighted by Gasteiger charge is -2.02. The van der Waals surface area contributed by atoms with E-state index in [1.807, 2.05) is 19.9 Å². The van der Waals surface area contributed by atoms with Crippen molar-refractivity contribution in [2.75, 3.05) is 0 Å². The number of nitrogens with zero attached hydrogens (tertiary/aromatic N) is 1. The molecule has 0 spiro atoms. The van der Waals surface area contributed by atoms with E-state index in [1.54, 1.807) is 6.20 Å². The number of hydrogen-bond donors (Lipinski definition) is 0. The van der Waals surface area contributed by atoms with Gasteiger partial charge in [0.15, 0.2) is 6.29 Å². The molecule has 0 bridgehead atoms. The molecule has 0 unspecified atom stereocenters. The zero-order valence-corrected chi connectivity index (χ0v) is 8.36. The second kappa shape index (κ2) is 4.56. The van der Waals surface area contributed by atoms with Crippen LogP contribution >= 0.6 is 0 Å². The fraction of sp³-hybridized carbons (Fsp3) is 0.273. The predicted molar refractivity (Wildman–Crippen MR) is 55.5 cm³/mol. The monoisotopic (exact) mass is 191 g/mol. The molecule has 0 saturated carbocycles. The van der Waals surface area contributed by atoms with Gasteiger partial charge in [-0.05, 0) is 19.9 Å². The third-order valence-corrected chi connectivity index (χ3v) is 1.84. The van der Waals surface area contributed by atoms with Crippen molar-refractivity contribution in [1.29, 1.82) is 0 Å². The van der Waals surface area contributed by atoms with Gasteiger partial charge in [-0.2, -0.15) is 0 Å². The molecule has 74 valence electrons. The van der Waals surface area contributed by atoms with E-state index in [0.717, 1.165) is 11.9 Å². The Morgan fingerprint density at radius 3 is 2.71 bits per heavy atom. The van der Waals surface area contributed by atoms with Crippen LogP contribution in [0.1, 0.15) is 24.2 Å². The molecule has 0 aliphatic heterocycles. The van der Waals surface area contributed by atoms with Crippen LogP contribution in [0.3, 0.4) is 0 Å². The van der Waals surface area contributed by atoms with Gasteiger partial charge in [0.2, 0.25) is 0 Å². The van der Waals surface area contributed by atoms with E-state index in [-0.39, 0.29) is 5.56 Å². The average molecular weight is 191 g/mol. The predicted octanol–water partition coefficient (Wildman–Crippen LogP) is 1.63. The van der Waals surface area contributed by atoms with Crippen LogP contribution in [0.25, 0.3) is 0 Å². The van der Waals surface area contributed by atoms with Crippen molar-refractivity contribution in [3.63, 3.8) is 0 Å². The number of carbonyl (C=O) groups is 1. The van der Waals surface area contributed by atoms with Crippen LogP contribution in [0.4, 0.5) is 0 Å². The molecule has 0 atom stereocenters. The van der Waals surface area contributed by atoms with Crippen LogP contribution in [0.15, 0.2) is 34.8 Å². The first kappa shape index (κ1) is 10.4. The molecule has 0 saturated heterocycles. The maximum absolute atomic E-state index is 11.3. The van der Waals surface area contributed by atoms with Gasteiger partial charge >= 0.3 is 0 Å². The van der Waals surface area contributed by atoms with Crippen molar-refractivity contribution in [1.82, 2.24) is 4.57 Å². The standard InChI is InChI=1S/C11H13NO2/c1-9(2)5-6-12-7-10(8-13)3-4-11(12)14/h3-5,7-8H,6H2,1-2H3. The summed E-state index contributed by atoms with van der Waals surface area (Å²) in [7, 11) is 0. The number of rotatable bonds is 3. The molecule has 0 N–H and O–H groups in total. The third-order valence-electron chi connectivity index (χ3n) is 1.84. The molecule has 3 nitrogen and oxygen atoms in total. The molecule has 3 heteroatoms. The van der Waals surface area contributed by atoms with Crippen molar-refractivity contribution < 1.29 is 4.79 Å².